The third kappa shape index (κ3) is 4.46. The van der Waals surface area contributed by atoms with E-state index < -0.39 is 12.0 Å². The Labute approximate surface area is 114 Å². The van der Waals surface area contributed by atoms with Gasteiger partial charge in [-0.05, 0) is 32.2 Å². The molecule has 1 aromatic rings. The molecule has 0 saturated heterocycles. The highest BCUT2D eigenvalue weighted by Crippen LogP contribution is 2.15. The Kier molecular flexibility index (Phi) is 5.30. The van der Waals surface area contributed by atoms with Gasteiger partial charge in [0.15, 0.2) is 0 Å². The molecule has 6 heteroatoms. The third-order valence-electron chi connectivity index (χ3n) is 2.52. The minimum absolute atomic E-state index is 0.0278. The van der Waals surface area contributed by atoms with Crippen LogP contribution >= 0.6 is 15.9 Å². The van der Waals surface area contributed by atoms with E-state index in [0.29, 0.717) is 5.69 Å². The maximum atomic E-state index is 11.7. The number of amides is 1. The van der Waals surface area contributed by atoms with Crippen LogP contribution in [0.2, 0.25) is 0 Å². The van der Waals surface area contributed by atoms with Crippen molar-refractivity contribution in [1.82, 2.24) is 4.90 Å². The summed E-state index contributed by atoms with van der Waals surface area (Å²) in [6.07, 6.45) is 0. The number of hydrogen-bond donors (Lipinski definition) is 2. The van der Waals surface area contributed by atoms with Crippen LogP contribution in [0.15, 0.2) is 28.7 Å². The number of hydrogen-bond acceptors (Lipinski definition) is 3. The van der Waals surface area contributed by atoms with Gasteiger partial charge in [0.1, 0.15) is 6.04 Å². The highest BCUT2D eigenvalue weighted by Gasteiger charge is 2.18. The molecule has 2 N–H and O–H groups in total. The van der Waals surface area contributed by atoms with Crippen LogP contribution in [0.25, 0.3) is 0 Å². The van der Waals surface area contributed by atoms with Crippen molar-refractivity contribution in [3.63, 3.8) is 0 Å². The first kappa shape index (κ1) is 14.7. The molecule has 0 aliphatic rings. The number of nitrogens with zero attached hydrogens (tertiary/aromatic N) is 1. The normalized spacial score (nSPS) is 12.2. The molecule has 0 bridgehead atoms. The van der Waals surface area contributed by atoms with Gasteiger partial charge in [-0.2, -0.15) is 0 Å². The molecule has 5 nitrogen and oxygen atoms in total. The summed E-state index contributed by atoms with van der Waals surface area (Å²) in [5, 5.41) is 11.5. The maximum absolute atomic E-state index is 11.7. The molecular weight excluding hydrogens is 300 g/mol. The quantitative estimate of drug-likeness (QED) is 0.869. The number of carbonyl (C=O) groups is 2. The Balaban J connectivity index is 2.54. The first-order valence-electron chi connectivity index (χ1n) is 5.38. The molecular formula is C12H15BrN2O3. The molecule has 1 aromatic carbocycles. The van der Waals surface area contributed by atoms with Gasteiger partial charge in [0.2, 0.25) is 5.91 Å². The second-order valence-corrected chi connectivity index (χ2v) is 4.90. The summed E-state index contributed by atoms with van der Waals surface area (Å²) in [6.45, 7) is 1.56. The van der Waals surface area contributed by atoms with Gasteiger partial charge >= 0.3 is 5.97 Å². The van der Waals surface area contributed by atoms with Crippen LogP contribution in [0.1, 0.15) is 6.92 Å². The van der Waals surface area contributed by atoms with E-state index >= 15 is 0 Å². The standard InChI is InChI=1S/C12H15BrN2O3/c1-8(12(17)18)15(2)7-11(16)14-10-5-3-4-9(13)6-10/h3-6,8H,7H2,1-2H3,(H,14,16)(H,17,18). The van der Waals surface area contributed by atoms with Crippen LogP contribution in [0.4, 0.5) is 5.69 Å². The first-order valence-corrected chi connectivity index (χ1v) is 6.18. The third-order valence-corrected chi connectivity index (χ3v) is 3.01. The van der Waals surface area contributed by atoms with Gasteiger partial charge in [0.25, 0.3) is 0 Å². The van der Waals surface area contributed by atoms with Gasteiger partial charge in [0.05, 0.1) is 6.54 Å². The number of carboxylic acid groups (broad SMARTS) is 1. The molecule has 1 amide bonds. The van der Waals surface area contributed by atoms with Gasteiger partial charge in [-0.1, -0.05) is 22.0 Å². The van der Waals surface area contributed by atoms with Crippen molar-refractivity contribution in [2.45, 2.75) is 13.0 Å². The summed E-state index contributed by atoms with van der Waals surface area (Å²) in [5.74, 6) is -1.20. The van der Waals surface area contributed by atoms with Crippen molar-refractivity contribution < 1.29 is 14.7 Å². The van der Waals surface area contributed by atoms with Crippen molar-refractivity contribution >= 4 is 33.5 Å². The smallest absolute Gasteiger partial charge is 0.320 e. The lowest BCUT2D eigenvalue weighted by Gasteiger charge is -2.20. The number of benzene rings is 1. The molecule has 0 aliphatic heterocycles. The lowest BCUT2D eigenvalue weighted by atomic mass is 10.3. The fourth-order valence-electron chi connectivity index (χ4n) is 1.32. The number of aliphatic carboxylic acids is 1. The molecule has 98 valence electrons. The number of likely N-dealkylation sites (N-methyl/N-ethyl adjacent to an activating group) is 1. The largest absolute Gasteiger partial charge is 0.480 e. The summed E-state index contributed by atoms with van der Waals surface area (Å²) < 4.78 is 0.868. The Morgan fingerprint density at radius 2 is 2.17 bits per heavy atom. The van der Waals surface area contributed by atoms with E-state index in [1.54, 1.807) is 19.2 Å². The van der Waals surface area contributed by atoms with Crippen LogP contribution < -0.4 is 5.32 Å². The number of carboxylic acids is 1. The summed E-state index contributed by atoms with van der Waals surface area (Å²) in [7, 11) is 1.60. The molecule has 0 spiro atoms. The molecule has 0 saturated carbocycles. The van der Waals surface area contributed by atoms with Gasteiger partial charge in [-0.15, -0.1) is 0 Å². The lowest BCUT2D eigenvalue weighted by molar-refractivity contribution is -0.142. The minimum Gasteiger partial charge on any atom is -0.480 e. The molecule has 1 atom stereocenters. The lowest BCUT2D eigenvalue weighted by Crippen LogP contribution is -2.40. The molecule has 0 heterocycles. The van der Waals surface area contributed by atoms with Crippen LogP contribution in [-0.2, 0) is 9.59 Å². The van der Waals surface area contributed by atoms with Gasteiger partial charge in [-0.3, -0.25) is 14.5 Å². The highest BCUT2D eigenvalue weighted by atomic mass is 79.9. The Hall–Kier alpha value is -1.40. The zero-order chi connectivity index (χ0) is 13.7. The molecule has 0 radical (unpaired) electrons. The zero-order valence-corrected chi connectivity index (χ0v) is 11.8. The Morgan fingerprint density at radius 3 is 2.72 bits per heavy atom. The van der Waals surface area contributed by atoms with E-state index in [2.05, 4.69) is 21.2 Å². The average molecular weight is 315 g/mol. The topological polar surface area (TPSA) is 69.6 Å². The summed E-state index contributed by atoms with van der Waals surface area (Å²) >= 11 is 3.31. The van der Waals surface area contributed by atoms with E-state index in [1.807, 2.05) is 12.1 Å². The monoisotopic (exact) mass is 314 g/mol. The van der Waals surface area contributed by atoms with Crippen molar-refractivity contribution in [2.75, 3.05) is 18.9 Å². The Bertz CT molecular complexity index is 451. The summed E-state index contributed by atoms with van der Waals surface area (Å²) in [5.41, 5.74) is 0.672. The van der Waals surface area contributed by atoms with Crippen molar-refractivity contribution in [3.05, 3.63) is 28.7 Å². The maximum Gasteiger partial charge on any atom is 0.320 e. The molecule has 0 aliphatic carbocycles. The molecule has 18 heavy (non-hydrogen) atoms. The zero-order valence-electron chi connectivity index (χ0n) is 10.2. The second kappa shape index (κ2) is 6.51. The van der Waals surface area contributed by atoms with E-state index in [9.17, 15) is 9.59 Å². The second-order valence-electron chi connectivity index (χ2n) is 3.99. The van der Waals surface area contributed by atoms with Crippen molar-refractivity contribution in [1.29, 1.82) is 0 Å². The van der Waals surface area contributed by atoms with Crippen molar-refractivity contribution in [2.24, 2.45) is 0 Å². The first-order chi connectivity index (χ1) is 8.40. The SMILES string of the molecule is CC(C(=O)O)N(C)CC(=O)Nc1cccc(Br)c1. The fraction of sp³-hybridized carbons (Fsp3) is 0.333. The van der Waals surface area contributed by atoms with Crippen LogP contribution in [0.5, 0.6) is 0 Å². The van der Waals surface area contributed by atoms with Crippen LogP contribution in [0, 0.1) is 0 Å². The predicted octanol–water partition coefficient (Wildman–Crippen LogP) is 1.79. The van der Waals surface area contributed by atoms with E-state index in [-0.39, 0.29) is 12.5 Å². The number of carbonyl (C=O) groups excluding carboxylic acids is 1. The molecule has 0 aromatic heterocycles. The van der Waals surface area contributed by atoms with E-state index in [4.69, 9.17) is 5.11 Å². The van der Waals surface area contributed by atoms with Gasteiger partial charge in [-0.25, -0.2) is 0 Å². The molecule has 1 unspecified atom stereocenters. The molecule has 0 fully saturated rings. The van der Waals surface area contributed by atoms with Crippen LogP contribution in [-0.4, -0.2) is 41.5 Å². The fourth-order valence-corrected chi connectivity index (χ4v) is 1.72. The predicted molar refractivity (Wildman–Crippen MR) is 72.5 cm³/mol. The number of anilines is 1. The highest BCUT2D eigenvalue weighted by molar-refractivity contribution is 9.10. The van der Waals surface area contributed by atoms with E-state index in [0.717, 1.165) is 4.47 Å². The van der Waals surface area contributed by atoms with Gasteiger partial charge in [0, 0.05) is 10.2 Å². The Morgan fingerprint density at radius 1 is 1.50 bits per heavy atom. The summed E-state index contributed by atoms with van der Waals surface area (Å²) in [6, 6.07) is 6.51. The van der Waals surface area contributed by atoms with E-state index in [1.165, 1.54) is 11.8 Å². The minimum atomic E-state index is -0.951. The summed E-state index contributed by atoms with van der Waals surface area (Å²) in [4.78, 5) is 23.9. The van der Waals surface area contributed by atoms with Crippen LogP contribution in [0.3, 0.4) is 0 Å². The molecule has 1 rings (SSSR count). The number of halogens is 1. The van der Waals surface area contributed by atoms with Gasteiger partial charge < -0.3 is 10.4 Å². The number of nitrogens with one attached hydrogen (secondary N) is 1. The number of rotatable bonds is 5. The average Bonchev–Trinajstić information content (AvgIpc) is 2.27. The van der Waals surface area contributed by atoms with Crippen molar-refractivity contribution in [3.8, 4) is 0 Å².